The van der Waals surface area contributed by atoms with Crippen LogP contribution in [0.5, 0.6) is 5.75 Å². The molecule has 0 aliphatic carbocycles. The van der Waals surface area contributed by atoms with Crippen LogP contribution in [0.1, 0.15) is 5.56 Å². The fraction of sp³-hybridized carbons (Fsp3) is 0.333. The van der Waals surface area contributed by atoms with Gasteiger partial charge in [-0.05, 0) is 6.07 Å². The van der Waals surface area contributed by atoms with Crippen LogP contribution in [-0.2, 0) is 11.2 Å². The van der Waals surface area contributed by atoms with Crippen molar-refractivity contribution in [1.29, 1.82) is 0 Å². The minimum absolute atomic E-state index is 0.0458. The summed E-state index contributed by atoms with van der Waals surface area (Å²) >= 11 is 6.69. The number of para-hydroxylation sites is 1. The Morgan fingerprint density at radius 2 is 2.29 bits per heavy atom. The van der Waals surface area contributed by atoms with Crippen LogP contribution in [0.3, 0.4) is 0 Å². The van der Waals surface area contributed by atoms with Crippen molar-refractivity contribution >= 4 is 34.2 Å². The molecule has 1 aliphatic heterocycles. The predicted octanol–water partition coefficient (Wildman–Crippen LogP) is 2.10. The molecular weight excluding hydrogens is 254 g/mol. The van der Waals surface area contributed by atoms with Gasteiger partial charge in [0.1, 0.15) is 10.1 Å². The van der Waals surface area contributed by atoms with Crippen LogP contribution in [0, 0.1) is 0 Å². The number of carbonyl (C=O) groups excluding carboxylic acids is 1. The number of hydrogen-bond donors (Lipinski definition) is 0. The largest absolute Gasteiger partial charge is 0.496 e. The average molecular weight is 267 g/mol. The molecule has 3 nitrogen and oxygen atoms in total. The number of thiocarbonyl (C=S) groups is 1. The molecule has 1 amide bonds. The van der Waals surface area contributed by atoms with E-state index in [0.29, 0.717) is 10.7 Å². The lowest BCUT2D eigenvalue weighted by Gasteiger charge is -2.15. The topological polar surface area (TPSA) is 29.5 Å². The molecule has 0 saturated carbocycles. The zero-order chi connectivity index (χ0) is 12.3. The number of rotatable bonds is 3. The van der Waals surface area contributed by atoms with Crippen molar-refractivity contribution in [2.75, 3.05) is 19.4 Å². The highest BCUT2D eigenvalue weighted by Crippen LogP contribution is 2.22. The van der Waals surface area contributed by atoms with Crippen molar-refractivity contribution in [2.45, 2.75) is 6.42 Å². The van der Waals surface area contributed by atoms with Gasteiger partial charge >= 0.3 is 0 Å². The van der Waals surface area contributed by atoms with Crippen molar-refractivity contribution in [3.63, 3.8) is 0 Å². The lowest BCUT2D eigenvalue weighted by atomic mass is 10.1. The van der Waals surface area contributed by atoms with Crippen molar-refractivity contribution in [2.24, 2.45) is 0 Å². The minimum Gasteiger partial charge on any atom is -0.496 e. The Morgan fingerprint density at radius 1 is 1.53 bits per heavy atom. The number of nitrogens with zero attached hydrogens (tertiary/aromatic N) is 1. The molecule has 1 aliphatic rings. The summed E-state index contributed by atoms with van der Waals surface area (Å²) in [6, 6.07) is 7.56. The van der Waals surface area contributed by atoms with E-state index < -0.39 is 0 Å². The van der Waals surface area contributed by atoms with Gasteiger partial charge in [0.05, 0.1) is 13.5 Å². The Morgan fingerprint density at radius 3 is 2.94 bits per heavy atom. The first kappa shape index (κ1) is 12.4. The molecule has 1 saturated heterocycles. The smallest absolute Gasteiger partial charge is 0.232 e. The van der Waals surface area contributed by atoms with Gasteiger partial charge < -0.3 is 4.74 Å². The molecular formula is C12H13NO2S2. The van der Waals surface area contributed by atoms with Crippen LogP contribution >= 0.6 is 24.0 Å². The molecule has 1 fully saturated rings. The van der Waals surface area contributed by atoms with Crippen LogP contribution in [0.2, 0.25) is 0 Å². The Labute approximate surface area is 110 Å². The summed E-state index contributed by atoms with van der Waals surface area (Å²) in [5, 5.41) is 0. The number of thioether (sulfide) groups is 1. The van der Waals surface area contributed by atoms with Crippen LogP contribution < -0.4 is 4.74 Å². The van der Waals surface area contributed by atoms with E-state index in [9.17, 15) is 4.79 Å². The maximum atomic E-state index is 12.1. The second kappa shape index (κ2) is 5.51. The second-order valence-corrected chi connectivity index (χ2v) is 5.38. The highest BCUT2D eigenvalue weighted by atomic mass is 32.2. The summed E-state index contributed by atoms with van der Waals surface area (Å²) in [6.07, 6.45) is 0.338. The quantitative estimate of drug-likeness (QED) is 0.784. The van der Waals surface area contributed by atoms with Crippen molar-refractivity contribution in [3.05, 3.63) is 29.8 Å². The number of carbonyl (C=O) groups is 1. The van der Waals surface area contributed by atoms with E-state index >= 15 is 0 Å². The molecule has 0 atom stereocenters. The van der Waals surface area contributed by atoms with Crippen LogP contribution in [-0.4, -0.2) is 34.5 Å². The summed E-state index contributed by atoms with van der Waals surface area (Å²) in [6.45, 7) is 0.720. The number of amides is 1. The lowest BCUT2D eigenvalue weighted by molar-refractivity contribution is -0.126. The first-order valence-corrected chi connectivity index (χ1v) is 6.71. The van der Waals surface area contributed by atoms with E-state index in [1.54, 1.807) is 23.8 Å². The van der Waals surface area contributed by atoms with Gasteiger partial charge in [-0.2, -0.15) is 0 Å². The maximum absolute atomic E-state index is 12.1. The van der Waals surface area contributed by atoms with E-state index in [1.807, 2.05) is 24.3 Å². The number of methoxy groups -OCH3 is 1. The molecule has 1 heterocycles. The van der Waals surface area contributed by atoms with Gasteiger partial charge in [0.25, 0.3) is 0 Å². The fourth-order valence-corrected chi connectivity index (χ4v) is 2.97. The van der Waals surface area contributed by atoms with Gasteiger partial charge in [-0.15, -0.1) is 0 Å². The standard InChI is InChI=1S/C12H13NO2S2/c1-15-10-5-3-2-4-9(10)8-11(14)13-6-7-17-12(13)16/h2-5H,6-8H2,1H3. The Balaban J connectivity index is 2.10. The predicted molar refractivity (Wildman–Crippen MR) is 73.5 cm³/mol. The summed E-state index contributed by atoms with van der Waals surface area (Å²) in [7, 11) is 1.61. The molecule has 0 unspecified atom stereocenters. The molecule has 0 N–H and O–H groups in total. The molecule has 1 aromatic carbocycles. The van der Waals surface area contributed by atoms with Gasteiger partial charge in [-0.1, -0.05) is 42.2 Å². The maximum Gasteiger partial charge on any atom is 0.232 e. The molecule has 0 spiro atoms. The molecule has 2 rings (SSSR count). The zero-order valence-electron chi connectivity index (χ0n) is 9.51. The molecule has 90 valence electrons. The van der Waals surface area contributed by atoms with E-state index in [-0.39, 0.29) is 5.91 Å². The Kier molecular flexibility index (Phi) is 4.02. The van der Waals surface area contributed by atoms with Gasteiger partial charge in [0.15, 0.2) is 0 Å². The normalized spacial score (nSPS) is 15.1. The highest BCUT2D eigenvalue weighted by molar-refractivity contribution is 8.23. The number of ether oxygens (including phenoxy) is 1. The van der Waals surface area contributed by atoms with E-state index in [1.165, 1.54) is 0 Å². The van der Waals surface area contributed by atoms with Gasteiger partial charge in [0, 0.05) is 17.9 Å². The Bertz CT molecular complexity index is 448. The molecule has 0 aromatic heterocycles. The van der Waals surface area contributed by atoms with Crippen LogP contribution in [0.25, 0.3) is 0 Å². The summed E-state index contributed by atoms with van der Waals surface area (Å²) < 4.78 is 5.91. The second-order valence-electron chi connectivity index (χ2n) is 3.65. The average Bonchev–Trinajstić information content (AvgIpc) is 2.76. The van der Waals surface area contributed by atoms with Crippen LogP contribution in [0.15, 0.2) is 24.3 Å². The third-order valence-corrected chi connectivity index (χ3v) is 4.02. The first-order valence-electron chi connectivity index (χ1n) is 5.31. The Hall–Kier alpha value is -1.07. The van der Waals surface area contributed by atoms with Crippen molar-refractivity contribution < 1.29 is 9.53 Å². The van der Waals surface area contributed by atoms with E-state index in [0.717, 1.165) is 23.6 Å². The van der Waals surface area contributed by atoms with E-state index in [2.05, 4.69) is 0 Å². The van der Waals surface area contributed by atoms with Gasteiger partial charge in [-0.25, -0.2) is 0 Å². The molecule has 1 aromatic rings. The number of benzene rings is 1. The number of hydrogen-bond acceptors (Lipinski definition) is 4. The SMILES string of the molecule is COc1ccccc1CC(=O)N1CCSC1=S. The monoisotopic (exact) mass is 267 g/mol. The third kappa shape index (κ3) is 2.79. The first-order chi connectivity index (χ1) is 8.22. The summed E-state index contributed by atoms with van der Waals surface area (Å²) in [5.41, 5.74) is 0.903. The molecule has 5 heteroatoms. The molecule has 0 radical (unpaired) electrons. The molecule has 0 bridgehead atoms. The third-order valence-electron chi connectivity index (χ3n) is 2.60. The van der Waals surface area contributed by atoms with Gasteiger partial charge in [-0.3, -0.25) is 9.69 Å². The summed E-state index contributed by atoms with van der Waals surface area (Å²) in [5.74, 6) is 1.69. The van der Waals surface area contributed by atoms with E-state index in [4.69, 9.17) is 17.0 Å². The van der Waals surface area contributed by atoms with Crippen LogP contribution in [0.4, 0.5) is 0 Å². The highest BCUT2D eigenvalue weighted by Gasteiger charge is 2.24. The lowest BCUT2D eigenvalue weighted by Crippen LogP contribution is -2.32. The molecule has 17 heavy (non-hydrogen) atoms. The van der Waals surface area contributed by atoms with Gasteiger partial charge in [0.2, 0.25) is 5.91 Å². The van der Waals surface area contributed by atoms with Crippen molar-refractivity contribution in [1.82, 2.24) is 4.90 Å². The summed E-state index contributed by atoms with van der Waals surface area (Å²) in [4.78, 5) is 13.7. The minimum atomic E-state index is 0.0458. The van der Waals surface area contributed by atoms with Crippen molar-refractivity contribution in [3.8, 4) is 5.75 Å². The zero-order valence-corrected chi connectivity index (χ0v) is 11.1. The fourth-order valence-electron chi connectivity index (χ4n) is 1.73.